The molecule has 2 heterocycles. The van der Waals surface area contributed by atoms with Gasteiger partial charge in [-0.25, -0.2) is 0 Å². The van der Waals surface area contributed by atoms with Gasteiger partial charge in [-0.1, -0.05) is 13.0 Å². The van der Waals surface area contributed by atoms with E-state index >= 15 is 0 Å². The Morgan fingerprint density at radius 2 is 2.00 bits per heavy atom. The maximum absolute atomic E-state index is 5.69. The number of fused-ring (bicyclic) bond motifs is 1. The van der Waals surface area contributed by atoms with Gasteiger partial charge in [-0.3, -0.25) is 4.68 Å². The number of hydrogen-bond acceptors (Lipinski definition) is 4. The number of nitrogens with one attached hydrogen (secondary N) is 1. The average molecular weight is 287 g/mol. The first-order chi connectivity index (χ1) is 10.2. The molecule has 1 aliphatic rings. The fourth-order valence-corrected chi connectivity index (χ4v) is 2.74. The molecule has 0 saturated heterocycles. The Balaban J connectivity index is 1.99. The lowest BCUT2D eigenvalue weighted by Gasteiger charge is -2.23. The molecular weight excluding hydrogens is 266 g/mol. The molecule has 5 nitrogen and oxygen atoms in total. The first-order valence-corrected chi connectivity index (χ1v) is 7.32. The third kappa shape index (κ3) is 2.74. The molecule has 1 aromatic heterocycles. The predicted molar refractivity (Wildman–Crippen MR) is 80.9 cm³/mol. The van der Waals surface area contributed by atoms with E-state index in [1.165, 1.54) is 0 Å². The summed E-state index contributed by atoms with van der Waals surface area (Å²) in [7, 11) is 1.98. The van der Waals surface area contributed by atoms with E-state index in [4.69, 9.17) is 9.47 Å². The number of aromatic nitrogens is 2. The number of ether oxygens (including phenoxy) is 2. The summed E-state index contributed by atoms with van der Waals surface area (Å²) in [6.07, 6.45) is 0. The molecule has 1 aromatic carbocycles. The third-order valence-electron chi connectivity index (χ3n) is 3.64. The van der Waals surface area contributed by atoms with Crippen molar-refractivity contribution >= 4 is 0 Å². The number of aryl methyl sites for hydroxylation is 2. The quantitative estimate of drug-likeness (QED) is 0.936. The van der Waals surface area contributed by atoms with Gasteiger partial charge >= 0.3 is 0 Å². The molecule has 0 fully saturated rings. The fraction of sp³-hybridized carbons (Fsp3) is 0.438. The lowest BCUT2D eigenvalue weighted by molar-refractivity contribution is 0.171. The predicted octanol–water partition coefficient (Wildman–Crippen LogP) is 2.20. The second-order valence-electron chi connectivity index (χ2n) is 5.23. The van der Waals surface area contributed by atoms with Gasteiger partial charge in [0, 0.05) is 7.05 Å². The molecule has 0 amide bonds. The van der Waals surface area contributed by atoms with Gasteiger partial charge in [-0.15, -0.1) is 0 Å². The highest BCUT2D eigenvalue weighted by molar-refractivity contribution is 5.46. The van der Waals surface area contributed by atoms with E-state index in [1.54, 1.807) is 0 Å². The molecule has 112 valence electrons. The molecule has 0 saturated carbocycles. The minimum atomic E-state index is 0.0945. The van der Waals surface area contributed by atoms with Crippen LogP contribution in [0, 0.1) is 6.92 Å². The number of hydrogen-bond donors (Lipinski definition) is 1. The van der Waals surface area contributed by atoms with Crippen molar-refractivity contribution in [1.82, 2.24) is 15.1 Å². The largest absolute Gasteiger partial charge is 0.486 e. The van der Waals surface area contributed by atoms with Crippen LogP contribution in [-0.4, -0.2) is 29.5 Å². The van der Waals surface area contributed by atoms with Gasteiger partial charge in [0.25, 0.3) is 0 Å². The molecule has 0 radical (unpaired) electrons. The Morgan fingerprint density at radius 3 is 2.67 bits per heavy atom. The minimum absolute atomic E-state index is 0.0945. The van der Waals surface area contributed by atoms with Crippen LogP contribution in [0.1, 0.15) is 29.9 Å². The molecule has 1 aliphatic heterocycles. The van der Waals surface area contributed by atoms with Gasteiger partial charge < -0.3 is 14.8 Å². The Bertz CT molecular complexity index is 636. The maximum Gasteiger partial charge on any atom is 0.161 e. The van der Waals surface area contributed by atoms with Crippen LogP contribution >= 0.6 is 0 Å². The molecule has 0 aliphatic carbocycles. The monoisotopic (exact) mass is 287 g/mol. The fourth-order valence-electron chi connectivity index (χ4n) is 2.74. The summed E-state index contributed by atoms with van der Waals surface area (Å²) in [5, 5.41) is 7.97. The van der Waals surface area contributed by atoms with Gasteiger partial charge in [0.1, 0.15) is 13.2 Å². The van der Waals surface area contributed by atoms with Crippen LogP contribution in [0.4, 0.5) is 0 Å². The minimum Gasteiger partial charge on any atom is -0.486 e. The van der Waals surface area contributed by atoms with E-state index in [0.29, 0.717) is 13.2 Å². The molecule has 1 atom stereocenters. The molecule has 0 bridgehead atoms. The second-order valence-corrected chi connectivity index (χ2v) is 5.23. The van der Waals surface area contributed by atoms with Crippen molar-refractivity contribution in [2.75, 3.05) is 19.8 Å². The normalized spacial score (nSPS) is 15.0. The summed E-state index contributed by atoms with van der Waals surface area (Å²) >= 11 is 0. The Labute approximate surface area is 124 Å². The van der Waals surface area contributed by atoms with E-state index in [-0.39, 0.29) is 6.04 Å². The molecule has 1 N–H and O–H groups in total. The maximum atomic E-state index is 5.69. The molecular formula is C16H21N3O2. The van der Waals surface area contributed by atoms with Crippen molar-refractivity contribution in [2.45, 2.75) is 19.9 Å². The van der Waals surface area contributed by atoms with Gasteiger partial charge in [0.15, 0.2) is 11.5 Å². The Kier molecular flexibility index (Phi) is 3.84. The van der Waals surface area contributed by atoms with E-state index < -0.39 is 0 Å². The summed E-state index contributed by atoms with van der Waals surface area (Å²) in [5.74, 6) is 1.64. The zero-order valence-corrected chi connectivity index (χ0v) is 12.7. The van der Waals surface area contributed by atoms with Crippen LogP contribution in [0.5, 0.6) is 11.5 Å². The average Bonchev–Trinajstić information content (AvgIpc) is 2.83. The standard InChI is InChI=1S/C16H21N3O2/c1-4-17-16(13-9-11(2)18-19(13)3)12-5-6-14-15(10-12)21-8-7-20-14/h5-6,9-10,16-17H,4,7-8H2,1-3H3. The Morgan fingerprint density at radius 1 is 1.24 bits per heavy atom. The van der Waals surface area contributed by atoms with Crippen LogP contribution in [0.15, 0.2) is 24.3 Å². The Hall–Kier alpha value is -2.01. The first kappa shape index (κ1) is 13.9. The van der Waals surface area contributed by atoms with Crippen molar-refractivity contribution in [3.05, 3.63) is 41.2 Å². The zero-order valence-electron chi connectivity index (χ0n) is 12.7. The van der Waals surface area contributed by atoms with Crippen molar-refractivity contribution in [1.29, 1.82) is 0 Å². The number of nitrogens with zero attached hydrogens (tertiary/aromatic N) is 2. The lowest BCUT2D eigenvalue weighted by atomic mass is 10.0. The van der Waals surface area contributed by atoms with E-state index in [1.807, 2.05) is 24.7 Å². The molecule has 5 heteroatoms. The molecule has 0 spiro atoms. The van der Waals surface area contributed by atoms with Crippen molar-refractivity contribution < 1.29 is 9.47 Å². The third-order valence-corrected chi connectivity index (χ3v) is 3.64. The van der Waals surface area contributed by atoms with Gasteiger partial charge in [0.05, 0.1) is 17.4 Å². The van der Waals surface area contributed by atoms with Gasteiger partial charge in [0.2, 0.25) is 0 Å². The highest BCUT2D eigenvalue weighted by atomic mass is 16.6. The van der Waals surface area contributed by atoms with Crippen LogP contribution in [0.25, 0.3) is 0 Å². The van der Waals surface area contributed by atoms with Crippen molar-refractivity contribution in [3.63, 3.8) is 0 Å². The number of benzene rings is 1. The van der Waals surface area contributed by atoms with E-state index in [9.17, 15) is 0 Å². The number of rotatable bonds is 4. The first-order valence-electron chi connectivity index (χ1n) is 7.32. The highest BCUT2D eigenvalue weighted by Gasteiger charge is 2.20. The van der Waals surface area contributed by atoms with Gasteiger partial charge in [-0.2, -0.15) is 5.10 Å². The topological polar surface area (TPSA) is 48.3 Å². The van der Waals surface area contributed by atoms with Crippen LogP contribution in [0.2, 0.25) is 0 Å². The van der Waals surface area contributed by atoms with Gasteiger partial charge in [-0.05, 0) is 37.2 Å². The van der Waals surface area contributed by atoms with Crippen LogP contribution < -0.4 is 14.8 Å². The van der Waals surface area contributed by atoms with Crippen LogP contribution in [0.3, 0.4) is 0 Å². The van der Waals surface area contributed by atoms with Crippen molar-refractivity contribution in [3.8, 4) is 11.5 Å². The van der Waals surface area contributed by atoms with E-state index in [0.717, 1.165) is 35.0 Å². The highest BCUT2D eigenvalue weighted by Crippen LogP contribution is 2.34. The molecule has 3 rings (SSSR count). The summed E-state index contributed by atoms with van der Waals surface area (Å²) in [4.78, 5) is 0. The summed E-state index contributed by atoms with van der Waals surface area (Å²) < 4.78 is 13.2. The lowest BCUT2D eigenvalue weighted by Crippen LogP contribution is -2.24. The SMILES string of the molecule is CCNC(c1ccc2c(c1)OCCO2)c1cc(C)nn1C. The summed E-state index contributed by atoms with van der Waals surface area (Å²) in [5.41, 5.74) is 3.32. The van der Waals surface area contributed by atoms with E-state index in [2.05, 4.69) is 35.5 Å². The molecule has 1 unspecified atom stereocenters. The summed E-state index contributed by atoms with van der Waals surface area (Å²) in [6.45, 7) is 6.21. The smallest absolute Gasteiger partial charge is 0.161 e. The van der Waals surface area contributed by atoms with Crippen molar-refractivity contribution in [2.24, 2.45) is 7.05 Å². The van der Waals surface area contributed by atoms with Crippen LogP contribution in [-0.2, 0) is 7.05 Å². The zero-order chi connectivity index (χ0) is 14.8. The summed E-state index contributed by atoms with van der Waals surface area (Å²) in [6, 6.07) is 8.34. The second kappa shape index (κ2) is 5.77. The molecule has 2 aromatic rings. The molecule has 21 heavy (non-hydrogen) atoms.